The molecule has 0 spiro atoms. The van der Waals surface area contributed by atoms with Crippen molar-refractivity contribution in [1.29, 1.82) is 0 Å². The van der Waals surface area contributed by atoms with Gasteiger partial charge >= 0.3 is 25.8 Å². The molecule has 0 saturated heterocycles. The average molecular weight is 548 g/mol. The van der Waals surface area contributed by atoms with Gasteiger partial charge in [-0.2, -0.15) is 45.5 Å². The van der Waals surface area contributed by atoms with Crippen molar-refractivity contribution >= 4 is 0 Å². The van der Waals surface area contributed by atoms with Gasteiger partial charge in [-0.15, -0.1) is 0 Å². The Morgan fingerprint density at radius 3 is 1.08 bits per heavy atom. The summed E-state index contributed by atoms with van der Waals surface area (Å²) in [5.41, 5.74) is 9.18. The van der Waals surface area contributed by atoms with E-state index in [9.17, 15) is 0 Å². The predicted molar refractivity (Wildman–Crippen MR) is 100 cm³/mol. The van der Waals surface area contributed by atoms with Crippen LogP contribution < -0.4 is 24.8 Å². The van der Waals surface area contributed by atoms with Crippen molar-refractivity contribution in [2.75, 3.05) is 0 Å². The first-order valence-electron chi connectivity index (χ1n) is 9.17. The first-order chi connectivity index (χ1) is 10.6. The molecule has 0 radical (unpaired) electrons. The van der Waals surface area contributed by atoms with Gasteiger partial charge in [0.25, 0.3) is 0 Å². The van der Waals surface area contributed by atoms with Crippen LogP contribution in [0.25, 0.3) is 0 Å². The number of aryl methyl sites for hydroxylation is 6. The van der Waals surface area contributed by atoms with Gasteiger partial charge in [-0.05, 0) is 0 Å². The van der Waals surface area contributed by atoms with E-state index in [0.717, 1.165) is 0 Å². The smallest absolute Gasteiger partial charge is 1.00 e. The third kappa shape index (κ3) is 9.07. The topological polar surface area (TPSA) is 0 Å². The molecular formula is C22H34Cl2Hf. The number of halogens is 2. The Hall–Kier alpha value is 0.150. The molecule has 0 nitrogen and oxygen atoms in total. The summed E-state index contributed by atoms with van der Waals surface area (Å²) in [5, 5.41) is 0. The molecule has 0 aromatic heterocycles. The Labute approximate surface area is 187 Å². The summed E-state index contributed by atoms with van der Waals surface area (Å²) < 4.78 is 0. The number of hydrogen-bond acceptors (Lipinski definition) is 0. The molecule has 0 bridgehead atoms. The van der Waals surface area contributed by atoms with Gasteiger partial charge in [0.15, 0.2) is 0 Å². The molecule has 0 fully saturated rings. The molecule has 0 saturated carbocycles. The van der Waals surface area contributed by atoms with Gasteiger partial charge in [-0.1, -0.05) is 80.1 Å². The van der Waals surface area contributed by atoms with E-state index in [1.807, 2.05) is 0 Å². The van der Waals surface area contributed by atoms with E-state index in [1.54, 1.807) is 22.3 Å². The Balaban J connectivity index is -0.000000346. The maximum atomic E-state index is 2.35. The van der Waals surface area contributed by atoms with Gasteiger partial charge in [0, 0.05) is 0 Å². The van der Waals surface area contributed by atoms with Crippen LogP contribution in [0.5, 0.6) is 0 Å². The van der Waals surface area contributed by atoms with E-state index in [4.69, 9.17) is 0 Å². The second-order valence-electron chi connectivity index (χ2n) is 5.95. The minimum atomic E-state index is 0. The van der Waals surface area contributed by atoms with E-state index in [1.165, 1.54) is 49.7 Å². The summed E-state index contributed by atoms with van der Waals surface area (Å²) in [4.78, 5) is 0. The first kappa shape index (κ1) is 29.9. The monoisotopic (exact) mass is 548 g/mol. The van der Waals surface area contributed by atoms with Crippen molar-refractivity contribution in [2.24, 2.45) is 0 Å². The van der Waals surface area contributed by atoms with Crippen LogP contribution in [0.15, 0.2) is 24.3 Å². The van der Waals surface area contributed by atoms with Crippen LogP contribution >= 0.6 is 0 Å². The number of hydrogen-bond donors (Lipinski definition) is 0. The van der Waals surface area contributed by atoms with Crippen LogP contribution in [0.4, 0.5) is 0 Å². The molecule has 0 atom stereocenters. The molecule has 3 heteroatoms. The van der Waals surface area contributed by atoms with Crippen molar-refractivity contribution < 1.29 is 50.7 Å². The summed E-state index contributed by atoms with van der Waals surface area (Å²) in [5.74, 6) is 0. The zero-order valence-electron chi connectivity index (χ0n) is 16.8. The van der Waals surface area contributed by atoms with Crippen molar-refractivity contribution in [2.45, 2.75) is 80.1 Å². The predicted octanol–water partition coefficient (Wildman–Crippen LogP) is 0.191. The maximum absolute atomic E-state index is 2.35. The molecule has 0 amide bonds. The largest absolute Gasteiger partial charge is 4.00 e. The quantitative estimate of drug-likeness (QED) is 0.358. The molecule has 2 aromatic carbocycles. The SMILES string of the molecule is CCc1cc(CC)[c-](CC)c1.CCc1cc(CC)[c-](CC)c1.[Cl-].[Cl-].[Hf+4]. The Kier molecular flexibility index (Phi) is 19.5. The fourth-order valence-corrected chi connectivity index (χ4v) is 3.07. The Bertz CT molecular complexity index is 459. The standard InChI is InChI=1S/2C11H17.2ClH.Hf/c2*1-4-9-7-10(5-2)11(6-3)8-9;;;/h2*7-8H,4-6H2,1-3H3;2*1H;/q2*-1;;;+4/p-2. The number of rotatable bonds is 6. The van der Waals surface area contributed by atoms with Crippen molar-refractivity contribution in [3.8, 4) is 0 Å². The van der Waals surface area contributed by atoms with Crippen molar-refractivity contribution in [1.82, 2.24) is 0 Å². The first-order valence-corrected chi connectivity index (χ1v) is 9.17. The van der Waals surface area contributed by atoms with Gasteiger partial charge < -0.3 is 24.8 Å². The van der Waals surface area contributed by atoms with Crippen LogP contribution in [0.1, 0.15) is 74.9 Å². The molecule has 140 valence electrons. The minimum absolute atomic E-state index is 0. The normalized spacial score (nSPS) is 9.20. The van der Waals surface area contributed by atoms with Crippen LogP contribution in [0.3, 0.4) is 0 Å². The average Bonchev–Trinajstić information content (AvgIpc) is 3.17. The summed E-state index contributed by atoms with van der Waals surface area (Å²) in [7, 11) is 0. The molecule has 0 aliphatic heterocycles. The molecular weight excluding hydrogens is 514 g/mol. The molecule has 0 unspecified atom stereocenters. The second kappa shape index (κ2) is 16.3. The summed E-state index contributed by atoms with van der Waals surface area (Å²) in [6, 6.07) is 9.38. The van der Waals surface area contributed by atoms with E-state index >= 15 is 0 Å². The molecule has 0 heterocycles. The summed E-state index contributed by atoms with van der Waals surface area (Å²) in [6.07, 6.45) is 7.08. The van der Waals surface area contributed by atoms with Crippen LogP contribution in [-0.2, 0) is 64.4 Å². The molecule has 25 heavy (non-hydrogen) atoms. The summed E-state index contributed by atoms with van der Waals surface area (Å²) in [6.45, 7) is 13.4. The van der Waals surface area contributed by atoms with Crippen LogP contribution in [0.2, 0.25) is 0 Å². The van der Waals surface area contributed by atoms with Gasteiger partial charge in [0.2, 0.25) is 0 Å². The third-order valence-corrected chi connectivity index (χ3v) is 4.60. The van der Waals surface area contributed by atoms with E-state index < -0.39 is 0 Å². The molecule has 2 aromatic rings. The fraction of sp³-hybridized carbons (Fsp3) is 0.545. The van der Waals surface area contributed by atoms with Gasteiger partial charge in [0.1, 0.15) is 0 Å². The van der Waals surface area contributed by atoms with Crippen molar-refractivity contribution in [3.63, 3.8) is 0 Å². The zero-order valence-corrected chi connectivity index (χ0v) is 21.9. The van der Waals surface area contributed by atoms with Crippen LogP contribution in [-0.4, -0.2) is 0 Å². The molecule has 2 rings (SSSR count). The second-order valence-corrected chi connectivity index (χ2v) is 5.95. The van der Waals surface area contributed by atoms with E-state index in [-0.39, 0.29) is 50.7 Å². The molecule has 0 aliphatic rings. The molecule has 0 N–H and O–H groups in total. The van der Waals surface area contributed by atoms with E-state index in [2.05, 4.69) is 65.8 Å². The summed E-state index contributed by atoms with van der Waals surface area (Å²) >= 11 is 0. The third-order valence-electron chi connectivity index (χ3n) is 4.60. The van der Waals surface area contributed by atoms with Gasteiger partial charge in [0.05, 0.1) is 0 Å². The minimum Gasteiger partial charge on any atom is -1.00 e. The van der Waals surface area contributed by atoms with Gasteiger partial charge in [-0.3, -0.25) is 0 Å². The Morgan fingerprint density at radius 2 is 0.920 bits per heavy atom. The fourth-order valence-electron chi connectivity index (χ4n) is 3.07. The molecule has 0 aliphatic carbocycles. The Morgan fingerprint density at radius 1 is 0.600 bits per heavy atom. The van der Waals surface area contributed by atoms with Crippen LogP contribution in [0, 0.1) is 0 Å². The van der Waals surface area contributed by atoms with E-state index in [0.29, 0.717) is 0 Å². The van der Waals surface area contributed by atoms with Gasteiger partial charge in [-0.25, -0.2) is 12.1 Å². The zero-order chi connectivity index (χ0) is 16.5. The maximum Gasteiger partial charge on any atom is 4.00 e. The van der Waals surface area contributed by atoms with Crippen molar-refractivity contribution in [3.05, 3.63) is 57.6 Å².